The zero-order valence-electron chi connectivity index (χ0n) is 8.69. The van der Waals surface area contributed by atoms with E-state index in [2.05, 4.69) is 15.9 Å². The maximum atomic E-state index is 12.1. The number of nitrogens with two attached hydrogens (primary N) is 1. The monoisotopic (exact) mass is 324 g/mol. The van der Waals surface area contributed by atoms with Crippen molar-refractivity contribution in [3.63, 3.8) is 0 Å². The Bertz CT molecular complexity index is 371. The van der Waals surface area contributed by atoms with E-state index in [1.165, 1.54) is 11.3 Å². The number of piperidine rings is 1. The molecular formula is C10H14BrClN2OS. The molecule has 90 valence electrons. The van der Waals surface area contributed by atoms with Crippen molar-refractivity contribution in [1.29, 1.82) is 0 Å². The van der Waals surface area contributed by atoms with Gasteiger partial charge in [0.2, 0.25) is 0 Å². The first kappa shape index (κ1) is 14.0. The Balaban J connectivity index is 0.00000128. The van der Waals surface area contributed by atoms with Gasteiger partial charge in [-0.2, -0.15) is 0 Å². The molecule has 2 rings (SSSR count). The van der Waals surface area contributed by atoms with Crippen LogP contribution in [-0.2, 0) is 0 Å². The lowest BCUT2D eigenvalue weighted by Crippen LogP contribution is -2.45. The molecule has 1 aliphatic heterocycles. The molecule has 2 heterocycles. The molecule has 0 bridgehead atoms. The summed E-state index contributed by atoms with van der Waals surface area (Å²) in [7, 11) is 0. The number of hydrogen-bond acceptors (Lipinski definition) is 3. The van der Waals surface area contributed by atoms with Crippen LogP contribution >= 0.6 is 39.7 Å². The van der Waals surface area contributed by atoms with Crippen LogP contribution in [0.1, 0.15) is 22.5 Å². The number of thiophene rings is 1. The van der Waals surface area contributed by atoms with Gasteiger partial charge in [-0.25, -0.2) is 0 Å². The van der Waals surface area contributed by atoms with Crippen molar-refractivity contribution in [3.8, 4) is 0 Å². The molecule has 1 aliphatic rings. The van der Waals surface area contributed by atoms with Gasteiger partial charge in [-0.05, 0) is 40.2 Å². The molecule has 3 nitrogen and oxygen atoms in total. The van der Waals surface area contributed by atoms with E-state index in [1.54, 1.807) is 0 Å². The highest BCUT2D eigenvalue weighted by atomic mass is 79.9. The van der Waals surface area contributed by atoms with Crippen LogP contribution in [0.25, 0.3) is 0 Å². The summed E-state index contributed by atoms with van der Waals surface area (Å²) in [5.74, 6) is 0.104. The standard InChI is InChI=1S/C10H13BrN2OS.ClH/c11-8-3-5-15-9(8)10(14)13-4-1-2-7(12)6-13;/h3,5,7H,1-2,4,6,12H2;1H/t7-;/m1./s1. The molecule has 0 aromatic carbocycles. The minimum atomic E-state index is 0. The molecule has 1 fully saturated rings. The number of nitrogens with zero attached hydrogens (tertiary/aromatic N) is 1. The fourth-order valence-electron chi connectivity index (χ4n) is 1.78. The van der Waals surface area contributed by atoms with Gasteiger partial charge in [0, 0.05) is 23.6 Å². The molecule has 0 saturated carbocycles. The third kappa shape index (κ3) is 2.97. The average Bonchev–Trinajstić information content (AvgIpc) is 2.63. The molecule has 1 atom stereocenters. The van der Waals surface area contributed by atoms with Crippen molar-refractivity contribution >= 4 is 45.6 Å². The average molecular weight is 326 g/mol. The van der Waals surface area contributed by atoms with E-state index in [0.717, 1.165) is 28.7 Å². The second kappa shape index (κ2) is 6.00. The summed E-state index contributed by atoms with van der Waals surface area (Å²) < 4.78 is 0.886. The van der Waals surface area contributed by atoms with Gasteiger partial charge in [0.25, 0.3) is 5.91 Å². The van der Waals surface area contributed by atoms with Crippen molar-refractivity contribution in [1.82, 2.24) is 4.90 Å². The predicted octanol–water partition coefficient (Wildman–Crippen LogP) is 2.50. The Kier molecular flexibility index (Phi) is 5.24. The van der Waals surface area contributed by atoms with Crippen molar-refractivity contribution in [2.75, 3.05) is 13.1 Å². The maximum absolute atomic E-state index is 12.1. The van der Waals surface area contributed by atoms with Crippen LogP contribution in [0.15, 0.2) is 15.9 Å². The highest BCUT2D eigenvalue weighted by molar-refractivity contribution is 9.10. The molecular weight excluding hydrogens is 312 g/mol. The number of halogens is 2. The van der Waals surface area contributed by atoms with Crippen LogP contribution in [0.5, 0.6) is 0 Å². The maximum Gasteiger partial charge on any atom is 0.265 e. The van der Waals surface area contributed by atoms with Crippen molar-refractivity contribution in [2.24, 2.45) is 5.73 Å². The zero-order valence-corrected chi connectivity index (χ0v) is 11.9. The van der Waals surface area contributed by atoms with Crippen molar-refractivity contribution in [3.05, 3.63) is 20.8 Å². The Hall–Kier alpha value is -0.100. The molecule has 16 heavy (non-hydrogen) atoms. The molecule has 1 saturated heterocycles. The van der Waals surface area contributed by atoms with Gasteiger partial charge in [0.1, 0.15) is 4.88 Å². The first-order chi connectivity index (χ1) is 7.18. The summed E-state index contributed by atoms with van der Waals surface area (Å²) in [5, 5.41) is 1.92. The van der Waals surface area contributed by atoms with Crippen LogP contribution in [0.2, 0.25) is 0 Å². The topological polar surface area (TPSA) is 46.3 Å². The molecule has 0 unspecified atom stereocenters. The minimum absolute atomic E-state index is 0. The van der Waals surface area contributed by atoms with E-state index in [0.29, 0.717) is 6.54 Å². The number of amides is 1. The van der Waals surface area contributed by atoms with Gasteiger partial charge >= 0.3 is 0 Å². The van der Waals surface area contributed by atoms with Crippen LogP contribution < -0.4 is 5.73 Å². The Labute approximate surface area is 114 Å². The largest absolute Gasteiger partial charge is 0.336 e. The fraction of sp³-hybridized carbons (Fsp3) is 0.500. The summed E-state index contributed by atoms with van der Waals surface area (Å²) in [6, 6.07) is 2.04. The highest BCUT2D eigenvalue weighted by Gasteiger charge is 2.24. The SMILES string of the molecule is Cl.N[C@@H]1CCCN(C(=O)c2sccc2Br)C1. The summed E-state index contributed by atoms with van der Waals surface area (Å²) in [5.41, 5.74) is 5.85. The van der Waals surface area contributed by atoms with Crippen molar-refractivity contribution < 1.29 is 4.79 Å². The third-order valence-corrected chi connectivity index (χ3v) is 4.38. The van der Waals surface area contributed by atoms with Gasteiger partial charge in [0.05, 0.1) is 0 Å². The molecule has 1 aromatic heterocycles. The fourth-order valence-corrected chi connectivity index (χ4v) is 3.29. The molecule has 0 spiro atoms. The molecule has 0 radical (unpaired) electrons. The summed E-state index contributed by atoms with van der Waals surface area (Å²) >= 11 is 4.85. The minimum Gasteiger partial charge on any atom is -0.336 e. The third-order valence-electron chi connectivity index (χ3n) is 2.56. The van der Waals surface area contributed by atoms with Crippen LogP contribution in [0.4, 0.5) is 0 Å². The molecule has 6 heteroatoms. The van der Waals surface area contributed by atoms with Gasteiger partial charge in [-0.15, -0.1) is 23.7 Å². The Morgan fingerprint density at radius 1 is 1.62 bits per heavy atom. The predicted molar refractivity (Wildman–Crippen MR) is 72.4 cm³/mol. The van der Waals surface area contributed by atoms with Crippen LogP contribution in [-0.4, -0.2) is 29.9 Å². The molecule has 2 N–H and O–H groups in total. The quantitative estimate of drug-likeness (QED) is 0.862. The normalized spacial score (nSPS) is 20.4. The van der Waals surface area contributed by atoms with Gasteiger partial charge in [-0.3, -0.25) is 4.79 Å². The summed E-state index contributed by atoms with van der Waals surface area (Å²) in [6.07, 6.45) is 2.03. The van der Waals surface area contributed by atoms with Crippen LogP contribution in [0.3, 0.4) is 0 Å². The van der Waals surface area contributed by atoms with E-state index < -0.39 is 0 Å². The zero-order chi connectivity index (χ0) is 10.8. The lowest BCUT2D eigenvalue weighted by atomic mass is 10.1. The van der Waals surface area contributed by atoms with E-state index in [1.807, 2.05) is 16.3 Å². The number of likely N-dealkylation sites (tertiary alicyclic amines) is 1. The highest BCUT2D eigenvalue weighted by Crippen LogP contribution is 2.25. The van der Waals surface area contributed by atoms with Gasteiger partial charge < -0.3 is 10.6 Å². The molecule has 1 aromatic rings. The first-order valence-corrected chi connectivity index (χ1v) is 6.63. The Morgan fingerprint density at radius 3 is 2.94 bits per heavy atom. The number of rotatable bonds is 1. The number of carbonyl (C=O) groups excluding carboxylic acids is 1. The van der Waals surface area contributed by atoms with E-state index in [-0.39, 0.29) is 24.4 Å². The van der Waals surface area contributed by atoms with E-state index >= 15 is 0 Å². The van der Waals surface area contributed by atoms with Gasteiger partial charge in [-0.1, -0.05) is 0 Å². The second-order valence-electron chi connectivity index (χ2n) is 3.75. The lowest BCUT2D eigenvalue weighted by molar-refractivity contribution is 0.0713. The van der Waals surface area contributed by atoms with Crippen LogP contribution in [0, 0.1) is 0 Å². The van der Waals surface area contributed by atoms with E-state index in [4.69, 9.17) is 5.73 Å². The lowest BCUT2D eigenvalue weighted by Gasteiger charge is -2.30. The van der Waals surface area contributed by atoms with Crippen molar-refractivity contribution in [2.45, 2.75) is 18.9 Å². The summed E-state index contributed by atoms with van der Waals surface area (Å²) in [6.45, 7) is 1.51. The van der Waals surface area contributed by atoms with Gasteiger partial charge in [0.15, 0.2) is 0 Å². The number of hydrogen-bond donors (Lipinski definition) is 1. The summed E-state index contributed by atoms with van der Waals surface area (Å²) in [4.78, 5) is 14.7. The molecule has 1 amide bonds. The first-order valence-electron chi connectivity index (χ1n) is 4.96. The Morgan fingerprint density at radius 2 is 2.38 bits per heavy atom. The molecule has 0 aliphatic carbocycles. The smallest absolute Gasteiger partial charge is 0.265 e. The number of carbonyl (C=O) groups is 1. The van der Waals surface area contributed by atoms with E-state index in [9.17, 15) is 4.79 Å². The second-order valence-corrected chi connectivity index (χ2v) is 5.52.